The molecule has 5 heteroatoms. The van der Waals surface area contributed by atoms with Crippen LogP contribution in [0, 0.1) is 0 Å². The summed E-state index contributed by atoms with van der Waals surface area (Å²) < 4.78 is 10.2. The highest BCUT2D eigenvalue weighted by Gasteiger charge is 2.35. The summed E-state index contributed by atoms with van der Waals surface area (Å²) in [5.74, 6) is 0.731. The van der Waals surface area contributed by atoms with Crippen molar-refractivity contribution < 1.29 is 14.3 Å². The predicted molar refractivity (Wildman–Crippen MR) is 94.7 cm³/mol. The third kappa shape index (κ3) is 3.29. The first-order valence-corrected chi connectivity index (χ1v) is 8.59. The molecule has 0 bridgehead atoms. The fourth-order valence-corrected chi connectivity index (χ4v) is 3.86. The van der Waals surface area contributed by atoms with Gasteiger partial charge >= 0.3 is 6.09 Å². The number of halogens is 1. The predicted octanol–water partition coefficient (Wildman–Crippen LogP) is 4.60. The molecule has 2 aliphatic carbocycles. The zero-order valence-electron chi connectivity index (χ0n) is 14.0. The second kappa shape index (κ2) is 7.31. The second-order valence-corrected chi connectivity index (χ2v) is 6.53. The van der Waals surface area contributed by atoms with Gasteiger partial charge in [0.05, 0.1) is 19.2 Å². The quantitative estimate of drug-likeness (QED) is 0.869. The van der Waals surface area contributed by atoms with Crippen LogP contribution in [0.3, 0.4) is 0 Å². The molecule has 0 spiro atoms. The number of ether oxygens (including phenoxy) is 2. The zero-order chi connectivity index (χ0) is 17.1. The highest BCUT2D eigenvalue weighted by molar-refractivity contribution is 6.32. The van der Waals surface area contributed by atoms with Crippen LogP contribution in [0.15, 0.2) is 41.5 Å². The van der Waals surface area contributed by atoms with E-state index in [1.165, 1.54) is 18.3 Å². The molecule has 1 saturated carbocycles. The Hall–Kier alpha value is -1.94. The molecule has 3 rings (SSSR count). The number of benzene rings is 1. The number of allylic oxidation sites excluding steroid dienone is 3. The standard InChI is InChI=1S/C19H22ClNO3/c1-23-17-11-13(7-9-15(17)20)18-14-6-4-3-5-12(14)8-10-16(18)21-19(22)24-2/h5-7,9,11,16,18H,3-4,8,10H2,1-2H3,(H,21,22). The number of fused-ring (bicyclic) bond motifs is 1. The van der Waals surface area contributed by atoms with Gasteiger partial charge in [-0.25, -0.2) is 4.79 Å². The molecule has 0 heterocycles. The van der Waals surface area contributed by atoms with E-state index in [9.17, 15) is 4.79 Å². The van der Waals surface area contributed by atoms with Crippen LogP contribution in [-0.2, 0) is 4.74 Å². The van der Waals surface area contributed by atoms with Gasteiger partial charge in [0.2, 0.25) is 0 Å². The molecule has 2 atom stereocenters. The van der Waals surface area contributed by atoms with Gasteiger partial charge in [-0.3, -0.25) is 0 Å². The minimum Gasteiger partial charge on any atom is -0.495 e. The van der Waals surface area contributed by atoms with Crippen LogP contribution in [-0.4, -0.2) is 26.4 Å². The summed E-state index contributed by atoms with van der Waals surface area (Å²) in [6, 6.07) is 5.83. The molecule has 24 heavy (non-hydrogen) atoms. The van der Waals surface area contributed by atoms with E-state index < -0.39 is 6.09 Å². The lowest BCUT2D eigenvalue weighted by atomic mass is 9.71. The molecule has 4 nitrogen and oxygen atoms in total. The van der Waals surface area contributed by atoms with Gasteiger partial charge in [-0.1, -0.05) is 29.8 Å². The minimum atomic E-state index is -0.394. The summed E-state index contributed by atoms with van der Waals surface area (Å²) in [5, 5.41) is 3.59. The molecule has 1 aromatic rings. The van der Waals surface area contributed by atoms with E-state index in [0.29, 0.717) is 10.8 Å². The van der Waals surface area contributed by atoms with E-state index in [0.717, 1.165) is 31.2 Å². The van der Waals surface area contributed by atoms with Crippen LogP contribution in [0.2, 0.25) is 5.02 Å². The summed E-state index contributed by atoms with van der Waals surface area (Å²) in [6.07, 6.45) is 8.20. The molecule has 128 valence electrons. The summed E-state index contributed by atoms with van der Waals surface area (Å²) in [5.41, 5.74) is 3.79. The fourth-order valence-electron chi connectivity index (χ4n) is 3.66. The van der Waals surface area contributed by atoms with E-state index >= 15 is 0 Å². The molecule has 0 aromatic heterocycles. The first-order valence-electron chi connectivity index (χ1n) is 8.21. The Morgan fingerprint density at radius 2 is 2.04 bits per heavy atom. The number of nitrogens with one attached hydrogen (secondary N) is 1. The van der Waals surface area contributed by atoms with Crippen LogP contribution >= 0.6 is 11.6 Å². The van der Waals surface area contributed by atoms with Gasteiger partial charge in [0.25, 0.3) is 0 Å². The lowest BCUT2D eigenvalue weighted by Crippen LogP contribution is -2.42. The maximum Gasteiger partial charge on any atom is 0.407 e. The highest BCUT2D eigenvalue weighted by Crippen LogP contribution is 2.44. The van der Waals surface area contributed by atoms with Crippen molar-refractivity contribution in [3.63, 3.8) is 0 Å². The molecule has 0 radical (unpaired) electrons. The number of carbonyl (C=O) groups is 1. The summed E-state index contributed by atoms with van der Waals surface area (Å²) in [4.78, 5) is 11.8. The zero-order valence-corrected chi connectivity index (χ0v) is 14.7. The van der Waals surface area contributed by atoms with E-state index in [2.05, 4.69) is 17.5 Å². The van der Waals surface area contributed by atoms with Crippen molar-refractivity contribution in [1.82, 2.24) is 5.32 Å². The summed E-state index contributed by atoms with van der Waals surface area (Å²) >= 11 is 6.18. The van der Waals surface area contributed by atoms with Gasteiger partial charge in [0.1, 0.15) is 5.75 Å². The molecule has 1 N–H and O–H groups in total. The SMILES string of the molecule is COC(=O)NC1CCC2=CCCC=C2C1c1ccc(Cl)c(OC)c1. The summed E-state index contributed by atoms with van der Waals surface area (Å²) in [6.45, 7) is 0. The highest BCUT2D eigenvalue weighted by atomic mass is 35.5. The lowest BCUT2D eigenvalue weighted by molar-refractivity contribution is 0.164. The van der Waals surface area contributed by atoms with Gasteiger partial charge in [-0.15, -0.1) is 0 Å². The molecule has 1 amide bonds. The van der Waals surface area contributed by atoms with E-state index in [1.54, 1.807) is 7.11 Å². The number of alkyl carbamates (subject to hydrolysis) is 1. The van der Waals surface area contributed by atoms with E-state index in [-0.39, 0.29) is 12.0 Å². The molecule has 0 saturated heterocycles. The van der Waals surface area contributed by atoms with Gasteiger partial charge in [0.15, 0.2) is 0 Å². The summed E-state index contributed by atoms with van der Waals surface area (Å²) in [7, 11) is 3.00. The Labute approximate surface area is 147 Å². The van der Waals surface area contributed by atoms with Crippen molar-refractivity contribution in [2.45, 2.75) is 37.6 Å². The number of amides is 1. The molecule has 1 aromatic carbocycles. The Kier molecular flexibility index (Phi) is 5.14. The fraction of sp³-hybridized carbons (Fsp3) is 0.421. The molecular weight excluding hydrogens is 326 g/mol. The number of hydrogen-bond acceptors (Lipinski definition) is 3. The van der Waals surface area contributed by atoms with E-state index in [4.69, 9.17) is 21.1 Å². The van der Waals surface area contributed by atoms with Gasteiger partial charge in [-0.05, 0) is 54.5 Å². The third-order valence-corrected chi connectivity index (χ3v) is 5.09. The second-order valence-electron chi connectivity index (χ2n) is 6.12. The molecule has 0 aliphatic heterocycles. The third-order valence-electron chi connectivity index (χ3n) is 4.78. The van der Waals surface area contributed by atoms with Crippen LogP contribution in [0.4, 0.5) is 4.79 Å². The topological polar surface area (TPSA) is 47.6 Å². The molecule has 1 fully saturated rings. The average molecular weight is 348 g/mol. The van der Waals surface area contributed by atoms with Crippen molar-refractivity contribution in [2.24, 2.45) is 0 Å². The first kappa shape index (κ1) is 16.9. The van der Waals surface area contributed by atoms with Crippen molar-refractivity contribution in [3.8, 4) is 5.75 Å². The maximum absolute atomic E-state index is 11.8. The monoisotopic (exact) mass is 347 g/mol. The Balaban J connectivity index is 2.00. The Morgan fingerprint density at radius 3 is 2.79 bits per heavy atom. The Morgan fingerprint density at radius 1 is 1.25 bits per heavy atom. The molecule has 2 aliphatic rings. The first-order chi connectivity index (χ1) is 11.6. The molecule has 2 unspecified atom stereocenters. The number of carbonyl (C=O) groups excluding carboxylic acids is 1. The smallest absolute Gasteiger partial charge is 0.407 e. The van der Waals surface area contributed by atoms with Crippen LogP contribution in [0.25, 0.3) is 0 Å². The average Bonchev–Trinajstić information content (AvgIpc) is 2.62. The number of hydrogen-bond donors (Lipinski definition) is 1. The minimum absolute atomic E-state index is 0.00942. The Bertz CT molecular complexity index is 696. The van der Waals surface area contributed by atoms with Crippen LogP contribution < -0.4 is 10.1 Å². The van der Waals surface area contributed by atoms with Crippen LogP contribution in [0.5, 0.6) is 5.75 Å². The number of rotatable bonds is 3. The number of methoxy groups -OCH3 is 2. The normalized spacial score (nSPS) is 22.8. The van der Waals surface area contributed by atoms with Crippen molar-refractivity contribution in [2.75, 3.05) is 14.2 Å². The van der Waals surface area contributed by atoms with Gasteiger partial charge < -0.3 is 14.8 Å². The van der Waals surface area contributed by atoms with Crippen molar-refractivity contribution >= 4 is 17.7 Å². The maximum atomic E-state index is 11.8. The van der Waals surface area contributed by atoms with Crippen molar-refractivity contribution in [1.29, 1.82) is 0 Å². The van der Waals surface area contributed by atoms with Gasteiger partial charge in [0, 0.05) is 12.0 Å². The lowest BCUT2D eigenvalue weighted by Gasteiger charge is -2.37. The largest absolute Gasteiger partial charge is 0.495 e. The van der Waals surface area contributed by atoms with Crippen molar-refractivity contribution in [3.05, 3.63) is 52.1 Å². The van der Waals surface area contributed by atoms with Gasteiger partial charge in [-0.2, -0.15) is 0 Å². The molecular formula is C19H22ClNO3. The van der Waals surface area contributed by atoms with E-state index in [1.807, 2.05) is 18.2 Å². The van der Waals surface area contributed by atoms with Crippen LogP contribution in [0.1, 0.15) is 37.2 Å².